The molecule has 1 saturated carbocycles. The van der Waals surface area contributed by atoms with E-state index in [-0.39, 0.29) is 0 Å². The maximum absolute atomic E-state index is 13.6. The molecule has 0 spiro atoms. The van der Waals surface area contributed by atoms with Crippen LogP contribution in [-0.2, 0) is 4.74 Å². The molecular weight excluding hydrogens is 381 g/mol. The van der Waals surface area contributed by atoms with E-state index in [9.17, 15) is 13.2 Å². The van der Waals surface area contributed by atoms with Crippen LogP contribution < -0.4 is 0 Å². The second-order valence-electron chi connectivity index (χ2n) is 2.86. The first kappa shape index (κ1) is 15.8. The van der Waals surface area contributed by atoms with E-state index in [1.54, 1.807) is 0 Å². The molecule has 0 radical (unpaired) electrons. The molecule has 3 atom stereocenters. The molecule has 0 amide bonds. The smallest absolute Gasteiger partial charge is 0.286 e. The fraction of sp³-hybridized carbons (Fsp3) is 1.00. The second-order valence-corrected chi connectivity index (χ2v) is 7.48. The van der Waals surface area contributed by atoms with Crippen LogP contribution in [0.5, 0.6) is 0 Å². The van der Waals surface area contributed by atoms with Gasteiger partial charge in [-0.1, -0.05) is 69.6 Å². The molecule has 1 fully saturated rings. The Morgan fingerprint density at radius 3 is 1.44 bits per heavy atom. The minimum atomic E-state index is -3.70. The standard InChI is InChI=1S/C5Cl7F3O/c6-1(7)2(8,13)3(1,14)16-5(12,15)4(9,10)11. The van der Waals surface area contributed by atoms with Crippen molar-refractivity contribution in [2.45, 2.75) is 24.4 Å². The van der Waals surface area contributed by atoms with Crippen molar-refractivity contribution in [3.63, 3.8) is 0 Å². The van der Waals surface area contributed by atoms with Crippen LogP contribution in [0, 0.1) is 0 Å². The molecule has 96 valence electrons. The maximum Gasteiger partial charge on any atom is 0.336 e. The molecule has 0 bridgehead atoms. The van der Waals surface area contributed by atoms with Crippen molar-refractivity contribution in [2.24, 2.45) is 0 Å². The summed E-state index contributed by atoms with van der Waals surface area (Å²) in [5.74, 6) is -3.65. The van der Waals surface area contributed by atoms with Crippen LogP contribution in [0.25, 0.3) is 0 Å². The second kappa shape index (κ2) is 3.89. The third-order valence-corrected chi connectivity index (χ3v) is 4.85. The summed E-state index contributed by atoms with van der Waals surface area (Å²) in [7, 11) is 0. The highest BCUT2D eigenvalue weighted by Crippen LogP contribution is 2.74. The Hall–Kier alpha value is 1.78. The highest BCUT2D eigenvalue weighted by molar-refractivity contribution is 6.70. The van der Waals surface area contributed by atoms with Crippen molar-refractivity contribution in [1.82, 2.24) is 0 Å². The molecule has 0 N–H and O–H groups in total. The maximum atomic E-state index is 13.6. The van der Waals surface area contributed by atoms with Crippen molar-refractivity contribution < 1.29 is 17.9 Å². The van der Waals surface area contributed by atoms with E-state index in [1.165, 1.54) is 0 Å². The van der Waals surface area contributed by atoms with Crippen LogP contribution in [-0.4, -0.2) is 24.4 Å². The average molecular weight is 381 g/mol. The minimum absolute atomic E-state index is 2.87. The third kappa shape index (κ3) is 1.97. The molecule has 0 aromatic carbocycles. The largest absolute Gasteiger partial charge is 0.336 e. The van der Waals surface area contributed by atoms with Gasteiger partial charge in [0.2, 0.25) is 4.33 Å². The Labute approximate surface area is 123 Å². The van der Waals surface area contributed by atoms with Gasteiger partial charge in [0, 0.05) is 0 Å². The van der Waals surface area contributed by atoms with E-state index >= 15 is 0 Å². The number of hydrogen-bond donors (Lipinski definition) is 0. The predicted molar refractivity (Wildman–Crippen MR) is 59.0 cm³/mol. The summed E-state index contributed by atoms with van der Waals surface area (Å²) in [5.41, 5.74) is 0. The van der Waals surface area contributed by atoms with Gasteiger partial charge < -0.3 is 0 Å². The number of halogens is 10. The van der Waals surface area contributed by atoms with Crippen molar-refractivity contribution in [3.8, 4) is 0 Å². The van der Waals surface area contributed by atoms with Crippen LogP contribution in [0.1, 0.15) is 0 Å². The zero-order valence-corrected chi connectivity index (χ0v) is 12.0. The number of hydrogen-bond acceptors (Lipinski definition) is 1. The number of ether oxygens (including phenoxy) is 1. The van der Waals surface area contributed by atoms with E-state index < -0.39 is 24.4 Å². The summed E-state index contributed by atoms with van der Waals surface area (Å²) in [4.78, 5) is 0. The highest BCUT2D eigenvalue weighted by atomic mass is 35.6. The average Bonchev–Trinajstić information content (AvgIpc) is 2.25. The molecule has 3 unspecified atom stereocenters. The van der Waals surface area contributed by atoms with Gasteiger partial charge in [-0.15, -0.1) is 0 Å². The molecular formula is C5Cl7F3O. The van der Waals surface area contributed by atoms with Gasteiger partial charge in [-0.3, -0.25) is 4.74 Å². The third-order valence-electron chi connectivity index (χ3n) is 1.74. The molecule has 0 heterocycles. The molecule has 0 saturated heterocycles. The van der Waals surface area contributed by atoms with Gasteiger partial charge in [0.15, 0.2) is 0 Å². The van der Waals surface area contributed by atoms with Gasteiger partial charge in [0.05, 0.1) is 0 Å². The normalized spacial score (nSPS) is 41.6. The predicted octanol–water partition coefficient (Wildman–Crippen LogP) is 4.99. The van der Waals surface area contributed by atoms with E-state index in [0.717, 1.165) is 0 Å². The SMILES string of the molecule is FC(Cl)(OC1(F)C(F)(Cl)C1(Cl)Cl)C(Cl)(Cl)Cl. The quantitative estimate of drug-likeness (QED) is 0.613. The van der Waals surface area contributed by atoms with Gasteiger partial charge in [0.25, 0.3) is 8.92 Å². The molecule has 1 nitrogen and oxygen atoms in total. The lowest BCUT2D eigenvalue weighted by Crippen LogP contribution is -2.41. The van der Waals surface area contributed by atoms with E-state index in [0.29, 0.717) is 0 Å². The Kier molecular flexibility index (Phi) is 3.85. The fourth-order valence-corrected chi connectivity index (χ4v) is 1.79. The van der Waals surface area contributed by atoms with E-state index in [2.05, 4.69) is 4.74 Å². The highest BCUT2D eigenvalue weighted by Gasteiger charge is 2.95. The molecule has 16 heavy (non-hydrogen) atoms. The first-order chi connectivity index (χ1) is 6.71. The van der Waals surface area contributed by atoms with Gasteiger partial charge in [0.1, 0.15) is 0 Å². The summed E-state index contributed by atoms with van der Waals surface area (Å²) in [6.45, 7) is 0. The van der Waals surface area contributed by atoms with Gasteiger partial charge in [-0.05, 0) is 11.6 Å². The first-order valence-corrected chi connectivity index (χ1v) is 5.94. The minimum Gasteiger partial charge on any atom is -0.286 e. The van der Waals surface area contributed by atoms with E-state index in [1.807, 2.05) is 0 Å². The summed E-state index contributed by atoms with van der Waals surface area (Å²) >= 11 is 35.1. The van der Waals surface area contributed by atoms with Crippen molar-refractivity contribution >= 4 is 81.2 Å². The zero-order chi connectivity index (χ0) is 13.2. The zero-order valence-electron chi connectivity index (χ0n) is 6.69. The topological polar surface area (TPSA) is 9.23 Å². The van der Waals surface area contributed by atoms with Crippen LogP contribution in [0.4, 0.5) is 13.2 Å². The molecule has 1 rings (SSSR count). The van der Waals surface area contributed by atoms with Crippen LogP contribution in [0.15, 0.2) is 0 Å². The summed E-state index contributed by atoms with van der Waals surface area (Å²) < 4.78 is 38.2. The lowest BCUT2D eigenvalue weighted by atomic mass is 10.6. The number of alkyl halides is 10. The van der Waals surface area contributed by atoms with Gasteiger partial charge in [-0.2, -0.15) is 4.39 Å². The van der Waals surface area contributed by atoms with Crippen LogP contribution >= 0.6 is 81.2 Å². The summed E-state index contributed by atoms with van der Waals surface area (Å²) in [6.07, 6.45) is 0. The molecule has 0 aliphatic heterocycles. The Bertz CT molecular complexity index is 298. The van der Waals surface area contributed by atoms with E-state index in [4.69, 9.17) is 81.2 Å². The Morgan fingerprint density at radius 2 is 1.25 bits per heavy atom. The van der Waals surface area contributed by atoms with Crippen LogP contribution in [0.2, 0.25) is 0 Å². The summed E-state index contributed by atoms with van der Waals surface area (Å²) in [5, 5.41) is -7.12. The number of rotatable bonds is 2. The fourth-order valence-electron chi connectivity index (χ4n) is 0.726. The van der Waals surface area contributed by atoms with Gasteiger partial charge in [-0.25, -0.2) is 8.78 Å². The Morgan fingerprint density at radius 1 is 0.938 bits per heavy atom. The summed E-state index contributed by atoms with van der Waals surface area (Å²) in [6, 6.07) is 0. The molecule has 1 aliphatic carbocycles. The van der Waals surface area contributed by atoms with Gasteiger partial charge >= 0.3 is 11.2 Å². The lowest BCUT2D eigenvalue weighted by Gasteiger charge is -2.27. The molecule has 0 aromatic rings. The van der Waals surface area contributed by atoms with Crippen molar-refractivity contribution in [1.29, 1.82) is 0 Å². The monoisotopic (exact) mass is 378 g/mol. The lowest BCUT2D eigenvalue weighted by molar-refractivity contribution is -0.195. The van der Waals surface area contributed by atoms with Crippen molar-refractivity contribution in [3.05, 3.63) is 0 Å². The van der Waals surface area contributed by atoms with Crippen molar-refractivity contribution in [2.75, 3.05) is 0 Å². The van der Waals surface area contributed by atoms with Crippen LogP contribution in [0.3, 0.4) is 0 Å². The first-order valence-electron chi connectivity index (χ1n) is 3.30. The molecule has 1 aliphatic rings. The molecule has 0 aromatic heterocycles. The molecule has 11 heteroatoms. The Balaban J connectivity index is 2.94.